The molecule has 5 heteroatoms. The normalized spacial score (nSPS) is 11.5. The minimum absolute atomic E-state index is 0.0822. The van der Waals surface area contributed by atoms with Gasteiger partial charge in [-0.25, -0.2) is 0 Å². The lowest BCUT2D eigenvalue weighted by atomic mass is 10.1. The zero-order valence-corrected chi connectivity index (χ0v) is 11.2. The van der Waals surface area contributed by atoms with Crippen LogP contribution in [0.4, 0.5) is 5.69 Å². The molecule has 0 aliphatic rings. The van der Waals surface area contributed by atoms with Gasteiger partial charge in [0.1, 0.15) is 0 Å². The highest BCUT2D eigenvalue weighted by molar-refractivity contribution is 5.97. The van der Waals surface area contributed by atoms with Gasteiger partial charge in [-0.1, -0.05) is 6.08 Å². The van der Waals surface area contributed by atoms with Crippen LogP contribution < -0.4 is 11.1 Å². The van der Waals surface area contributed by atoms with E-state index in [0.29, 0.717) is 17.7 Å². The van der Waals surface area contributed by atoms with Gasteiger partial charge in [0.25, 0.3) is 5.91 Å². The highest BCUT2D eigenvalue weighted by atomic mass is 16.2. The zero-order chi connectivity index (χ0) is 14.4. The number of amides is 2. The monoisotopic (exact) mass is 261 g/mol. The quantitative estimate of drug-likeness (QED) is 0.783. The van der Waals surface area contributed by atoms with Crippen molar-refractivity contribution in [3.8, 4) is 0 Å². The second kappa shape index (κ2) is 6.70. The minimum Gasteiger partial charge on any atom is -0.345 e. The van der Waals surface area contributed by atoms with Crippen LogP contribution in [0.1, 0.15) is 16.8 Å². The summed E-state index contributed by atoms with van der Waals surface area (Å²) in [5.74, 6) is -0.354. The smallest absolute Gasteiger partial charge is 0.253 e. The average molecular weight is 261 g/mol. The summed E-state index contributed by atoms with van der Waals surface area (Å²) in [6.45, 7) is 3.54. The van der Waals surface area contributed by atoms with Gasteiger partial charge in [0.05, 0.1) is 6.04 Å². The number of nitrogens with two attached hydrogens (primary N) is 1. The number of carbonyl (C=O) groups is 2. The molecule has 0 radical (unpaired) electrons. The van der Waals surface area contributed by atoms with Crippen LogP contribution in [0.25, 0.3) is 0 Å². The van der Waals surface area contributed by atoms with E-state index in [-0.39, 0.29) is 11.8 Å². The molecule has 1 rings (SSSR count). The van der Waals surface area contributed by atoms with E-state index in [1.165, 1.54) is 4.90 Å². The fraction of sp³-hybridized carbons (Fsp3) is 0.286. The first-order valence-corrected chi connectivity index (χ1v) is 5.94. The number of benzene rings is 1. The number of hydrogen-bond acceptors (Lipinski definition) is 3. The molecule has 3 N–H and O–H groups in total. The van der Waals surface area contributed by atoms with Crippen LogP contribution in [0.5, 0.6) is 0 Å². The summed E-state index contributed by atoms with van der Waals surface area (Å²) < 4.78 is 0. The largest absolute Gasteiger partial charge is 0.345 e. The fourth-order valence-corrected chi connectivity index (χ4v) is 1.48. The van der Waals surface area contributed by atoms with Crippen molar-refractivity contribution in [2.45, 2.75) is 12.5 Å². The van der Waals surface area contributed by atoms with Crippen LogP contribution in [0.2, 0.25) is 0 Å². The predicted molar refractivity (Wildman–Crippen MR) is 75.9 cm³/mol. The summed E-state index contributed by atoms with van der Waals surface area (Å²) in [6, 6.07) is 6.07. The third kappa shape index (κ3) is 4.22. The summed E-state index contributed by atoms with van der Waals surface area (Å²) in [7, 11) is 3.37. The maximum absolute atomic E-state index is 11.7. The Balaban J connectivity index is 2.69. The molecule has 102 valence electrons. The Morgan fingerprint density at radius 1 is 1.37 bits per heavy atom. The predicted octanol–water partition coefficient (Wildman–Crippen LogP) is 1.23. The Kier molecular flexibility index (Phi) is 5.26. The highest BCUT2D eigenvalue weighted by Crippen LogP contribution is 2.11. The lowest BCUT2D eigenvalue weighted by Crippen LogP contribution is -2.35. The summed E-state index contributed by atoms with van der Waals surface area (Å²) in [6.07, 6.45) is 2.02. The van der Waals surface area contributed by atoms with E-state index in [9.17, 15) is 9.59 Å². The Hall–Kier alpha value is -2.14. The van der Waals surface area contributed by atoms with E-state index in [1.807, 2.05) is 0 Å². The molecule has 19 heavy (non-hydrogen) atoms. The van der Waals surface area contributed by atoms with Crippen LogP contribution in [0.15, 0.2) is 36.9 Å². The van der Waals surface area contributed by atoms with Crippen molar-refractivity contribution in [2.24, 2.45) is 5.73 Å². The van der Waals surface area contributed by atoms with E-state index in [1.54, 1.807) is 44.4 Å². The van der Waals surface area contributed by atoms with Crippen molar-refractivity contribution in [3.05, 3.63) is 42.5 Å². The third-order valence-corrected chi connectivity index (χ3v) is 2.56. The number of anilines is 1. The van der Waals surface area contributed by atoms with Crippen molar-refractivity contribution >= 4 is 17.5 Å². The molecular weight excluding hydrogens is 242 g/mol. The molecular formula is C14H19N3O2. The van der Waals surface area contributed by atoms with Crippen LogP contribution in [-0.4, -0.2) is 36.9 Å². The highest BCUT2D eigenvalue weighted by Gasteiger charge is 2.12. The van der Waals surface area contributed by atoms with Crippen LogP contribution >= 0.6 is 0 Å². The molecule has 2 amide bonds. The molecule has 0 aliphatic carbocycles. The van der Waals surface area contributed by atoms with E-state index >= 15 is 0 Å². The lowest BCUT2D eigenvalue weighted by Gasteiger charge is -2.12. The van der Waals surface area contributed by atoms with E-state index in [4.69, 9.17) is 5.73 Å². The number of hydrogen-bond donors (Lipinski definition) is 2. The molecule has 0 aromatic heterocycles. The summed E-state index contributed by atoms with van der Waals surface area (Å²) in [5.41, 5.74) is 6.83. The SMILES string of the molecule is C=CCC(N)C(=O)Nc1ccc(C(=O)N(C)C)cc1. The fourth-order valence-electron chi connectivity index (χ4n) is 1.48. The molecule has 0 bridgehead atoms. The second-order valence-corrected chi connectivity index (χ2v) is 4.40. The number of carbonyl (C=O) groups excluding carboxylic acids is 2. The number of rotatable bonds is 5. The summed E-state index contributed by atoms with van der Waals surface area (Å²) in [5, 5.41) is 2.69. The molecule has 0 spiro atoms. The standard InChI is InChI=1S/C14H19N3O2/c1-4-5-12(15)13(18)16-11-8-6-10(7-9-11)14(19)17(2)3/h4,6-9,12H,1,5,15H2,2-3H3,(H,16,18). The van der Waals surface area contributed by atoms with Crippen LogP contribution in [0.3, 0.4) is 0 Å². The Morgan fingerprint density at radius 3 is 2.42 bits per heavy atom. The van der Waals surface area contributed by atoms with Crippen LogP contribution in [0, 0.1) is 0 Å². The van der Waals surface area contributed by atoms with Crippen molar-refractivity contribution < 1.29 is 9.59 Å². The van der Waals surface area contributed by atoms with Gasteiger partial charge in [-0.05, 0) is 30.7 Å². The molecule has 1 aromatic carbocycles. The molecule has 0 aliphatic heterocycles. The Morgan fingerprint density at radius 2 is 1.95 bits per heavy atom. The molecule has 1 unspecified atom stereocenters. The molecule has 0 saturated heterocycles. The average Bonchev–Trinajstić information content (AvgIpc) is 2.38. The Bertz CT molecular complexity index is 466. The van der Waals surface area contributed by atoms with Crippen molar-refractivity contribution in [1.82, 2.24) is 4.90 Å². The van der Waals surface area contributed by atoms with Gasteiger partial charge in [-0.15, -0.1) is 6.58 Å². The minimum atomic E-state index is -0.611. The molecule has 5 nitrogen and oxygen atoms in total. The second-order valence-electron chi connectivity index (χ2n) is 4.40. The molecule has 1 aromatic rings. The van der Waals surface area contributed by atoms with Gasteiger partial charge >= 0.3 is 0 Å². The maximum Gasteiger partial charge on any atom is 0.253 e. The lowest BCUT2D eigenvalue weighted by molar-refractivity contribution is -0.117. The van der Waals surface area contributed by atoms with Gasteiger partial charge < -0.3 is 16.0 Å². The van der Waals surface area contributed by atoms with Gasteiger partial charge in [0.15, 0.2) is 0 Å². The van der Waals surface area contributed by atoms with Crippen molar-refractivity contribution in [1.29, 1.82) is 0 Å². The van der Waals surface area contributed by atoms with Gasteiger partial charge in [-0.3, -0.25) is 9.59 Å². The first kappa shape index (κ1) is 14.9. The van der Waals surface area contributed by atoms with Crippen LogP contribution in [-0.2, 0) is 4.79 Å². The summed E-state index contributed by atoms with van der Waals surface area (Å²) in [4.78, 5) is 24.8. The first-order valence-electron chi connectivity index (χ1n) is 5.94. The van der Waals surface area contributed by atoms with Gasteiger partial charge in [0.2, 0.25) is 5.91 Å². The van der Waals surface area contributed by atoms with E-state index < -0.39 is 6.04 Å². The number of nitrogens with one attached hydrogen (secondary N) is 1. The first-order chi connectivity index (χ1) is 8.95. The maximum atomic E-state index is 11.7. The van der Waals surface area contributed by atoms with Crippen molar-refractivity contribution in [3.63, 3.8) is 0 Å². The number of nitrogens with zero attached hydrogens (tertiary/aromatic N) is 1. The molecule has 0 fully saturated rings. The Labute approximate surface area is 113 Å². The van der Waals surface area contributed by atoms with E-state index in [2.05, 4.69) is 11.9 Å². The topological polar surface area (TPSA) is 75.4 Å². The van der Waals surface area contributed by atoms with Gasteiger partial charge in [-0.2, -0.15) is 0 Å². The van der Waals surface area contributed by atoms with Gasteiger partial charge in [0, 0.05) is 25.3 Å². The third-order valence-electron chi connectivity index (χ3n) is 2.56. The molecule has 0 saturated carbocycles. The molecule has 0 heterocycles. The van der Waals surface area contributed by atoms with E-state index in [0.717, 1.165) is 0 Å². The molecule has 1 atom stereocenters. The van der Waals surface area contributed by atoms with Crippen molar-refractivity contribution in [2.75, 3.05) is 19.4 Å². The zero-order valence-electron chi connectivity index (χ0n) is 11.2. The summed E-state index contributed by atoms with van der Waals surface area (Å²) >= 11 is 0.